The van der Waals surface area contributed by atoms with Crippen LogP contribution in [0.4, 0.5) is 0 Å². The molecule has 8 heavy (non-hydrogen) atoms. The van der Waals surface area contributed by atoms with Crippen LogP contribution < -0.4 is 5.32 Å². The Morgan fingerprint density at radius 1 is 1.75 bits per heavy atom. The number of aliphatic hydroxyl groups is 1. The molecule has 1 heterocycles. The maximum Gasteiger partial charge on any atom is 0.0642 e. The van der Waals surface area contributed by atoms with Crippen LogP contribution in [0.15, 0.2) is 0 Å². The third-order valence-corrected chi connectivity index (χ3v) is 1.22. The molecule has 3 nitrogen and oxygen atoms in total. The maximum absolute atomic E-state index is 8.55. The molecule has 1 rings (SSSR count). The summed E-state index contributed by atoms with van der Waals surface area (Å²) in [5.41, 5.74) is 0. The first-order valence-corrected chi connectivity index (χ1v) is 2.85. The number of hydrogen-bond acceptors (Lipinski definition) is 3. The molecule has 3 heteroatoms. The fourth-order valence-corrected chi connectivity index (χ4v) is 0.737. The minimum atomic E-state index is 0.170. The van der Waals surface area contributed by atoms with Crippen LogP contribution in [-0.4, -0.2) is 37.5 Å². The van der Waals surface area contributed by atoms with Gasteiger partial charge in [-0.25, -0.2) is 0 Å². The van der Waals surface area contributed by atoms with Gasteiger partial charge in [0.2, 0.25) is 0 Å². The average molecular weight is 117 g/mol. The van der Waals surface area contributed by atoms with Crippen LogP contribution in [0.25, 0.3) is 0 Å². The Hall–Kier alpha value is -0.120. The van der Waals surface area contributed by atoms with Crippen LogP contribution in [-0.2, 0) is 4.74 Å². The molecular weight excluding hydrogens is 106 g/mol. The lowest BCUT2D eigenvalue weighted by atomic mass is 10.3. The molecule has 0 amide bonds. The largest absolute Gasteiger partial charge is 0.395 e. The summed E-state index contributed by atoms with van der Waals surface area (Å²) < 4.78 is 5.05. The molecule has 0 spiro atoms. The van der Waals surface area contributed by atoms with Crippen LogP contribution in [0.5, 0.6) is 0 Å². The molecular formula is C5H11NO2. The second-order valence-corrected chi connectivity index (χ2v) is 1.91. The van der Waals surface area contributed by atoms with E-state index in [2.05, 4.69) is 5.32 Å². The molecule has 0 bridgehead atoms. The third kappa shape index (κ3) is 1.43. The number of ether oxygens (including phenoxy) is 1. The van der Waals surface area contributed by atoms with Crippen molar-refractivity contribution in [3.05, 3.63) is 0 Å². The Morgan fingerprint density at radius 3 is 3.00 bits per heavy atom. The topological polar surface area (TPSA) is 41.5 Å². The van der Waals surface area contributed by atoms with Gasteiger partial charge in [-0.05, 0) is 0 Å². The van der Waals surface area contributed by atoms with Gasteiger partial charge in [-0.1, -0.05) is 0 Å². The molecule has 0 aliphatic carbocycles. The van der Waals surface area contributed by atoms with Crippen molar-refractivity contribution in [1.29, 1.82) is 0 Å². The van der Waals surface area contributed by atoms with Gasteiger partial charge in [0, 0.05) is 6.54 Å². The first-order chi connectivity index (χ1) is 3.93. The fourth-order valence-electron chi connectivity index (χ4n) is 0.737. The minimum absolute atomic E-state index is 0.170. The van der Waals surface area contributed by atoms with Crippen molar-refractivity contribution < 1.29 is 9.84 Å². The molecule has 1 fully saturated rings. The number of rotatable bonds is 1. The van der Waals surface area contributed by atoms with Crippen molar-refractivity contribution in [2.45, 2.75) is 6.04 Å². The van der Waals surface area contributed by atoms with Crippen LogP contribution in [0.2, 0.25) is 0 Å². The normalized spacial score (nSPS) is 30.4. The highest BCUT2D eigenvalue weighted by Crippen LogP contribution is 1.89. The standard InChI is InChI=1S/C5H11NO2/c7-3-5-4-8-2-1-6-5/h5-7H,1-4H2/t5-/m0/s1. The lowest BCUT2D eigenvalue weighted by Gasteiger charge is -2.21. The Bertz CT molecular complexity index is 61.4. The molecule has 1 atom stereocenters. The molecule has 0 unspecified atom stereocenters. The lowest BCUT2D eigenvalue weighted by molar-refractivity contribution is 0.0550. The van der Waals surface area contributed by atoms with E-state index in [1.54, 1.807) is 0 Å². The summed E-state index contributed by atoms with van der Waals surface area (Å²) in [4.78, 5) is 0. The molecule has 0 aromatic rings. The SMILES string of the molecule is OC[C@H]1COCCN1. The molecule has 0 saturated carbocycles. The zero-order chi connectivity index (χ0) is 5.82. The van der Waals surface area contributed by atoms with Gasteiger partial charge in [-0.2, -0.15) is 0 Å². The number of nitrogens with one attached hydrogen (secondary N) is 1. The van der Waals surface area contributed by atoms with Gasteiger partial charge in [0.1, 0.15) is 0 Å². The summed E-state index contributed by atoms with van der Waals surface area (Å²) in [6, 6.07) is 0.170. The average Bonchev–Trinajstić information content (AvgIpc) is 1.90. The third-order valence-electron chi connectivity index (χ3n) is 1.22. The van der Waals surface area contributed by atoms with Crippen molar-refractivity contribution in [1.82, 2.24) is 5.32 Å². The molecule has 2 N–H and O–H groups in total. The van der Waals surface area contributed by atoms with Crippen LogP contribution in [0.1, 0.15) is 0 Å². The van der Waals surface area contributed by atoms with E-state index in [0.717, 1.165) is 13.2 Å². The Labute approximate surface area is 48.7 Å². The molecule has 1 saturated heterocycles. The fraction of sp³-hybridized carbons (Fsp3) is 1.00. The van der Waals surface area contributed by atoms with Crippen molar-refractivity contribution in [3.63, 3.8) is 0 Å². The Kier molecular flexibility index (Phi) is 2.27. The van der Waals surface area contributed by atoms with E-state index in [4.69, 9.17) is 9.84 Å². The first-order valence-electron chi connectivity index (χ1n) is 2.85. The van der Waals surface area contributed by atoms with Crippen LogP contribution in [0.3, 0.4) is 0 Å². The molecule has 0 aromatic heterocycles. The van der Waals surface area contributed by atoms with Gasteiger partial charge < -0.3 is 15.2 Å². The van der Waals surface area contributed by atoms with Gasteiger partial charge >= 0.3 is 0 Å². The van der Waals surface area contributed by atoms with Gasteiger partial charge in [0.05, 0.1) is 25.9 Å². The van der Waals surface area contributed by atoms with Crippen molar-refractivity contribution >= 4 is 0 Å². The highest BCUT2D eigenvalue weighted by Gasteiger charge is 2.09. The monoisotopic (exact) mass is 117 g/mol. The van der Waals surface area contributed by atoms with Crippen molar-refractivity contribution in [2.75, 3.05) is 26.4 Å². The molecule has 0 aromatic carbocycles. The van der Waals surface area contributed by atoms with Crippen molar-refractivity contribution in [3.8, 4) is 0 Å². The predicted molar refractivity (Wildman–Crippen MR) is 29.7 cm³/mol. The van der Waals surface area contributed by atoms with E-state index in [1.165, 1.54) is 0 Å². The highest BCUT2D eigenvalue weighted by atomic mass is 16.5. The number of hydrogen-bond donors (Lipinski definition) is 2. The smallest absolute Gasteiger partial charge is 0.0642 e. The van der Waals surface area contributed by atoms with Crippen molar-refractivity contribution in [2.24, 2.45) is 0 Å². The summed E-state index contributed by atoms with van der Waals surface area (Å²) in [5.74, 6) is 0. The Balaban J connectivity index is 2.13. The zero-order valence-corrected chi connectivity index (χ0v) is 4.76. The lowest BCUT2D eigenvalue weighted by Crippen LogP contribution is -2.43. The number of morpholine rings is 1. The molecule has 48 valence electrons. The predicted octanol–water partition coefficient (Wildman–Crippen LogP) is -1.03. The second kappa shape index (κ2) is 3.02. The van der Waals surface area contributed by atoms with E-state index in [-0.39, 0.29) is 12.6 Å². The van der Waals surface area contributed by atoms with Crippen LogP contribution >= 0.6 is 0 Å². The van der Waals surface area contributed by atoms with Gasteiger partial charge in [-0.3, -0.25) is 0 Å². The van der Waals surface area contributed by atoms with E-state index in [9.17, 15) is 0 Å². The van der Waals surface area contributed by atoms with E-state index >= 15 is 0 Å². The van der Waals surface area contributed by atoms with Gasteiger partial charge in [0.25, 0.3) is 0 Å². The molecule has 0 radical (unpaired) electrons. The van der Waals surface area contributed by atoms with E-state index < -0.39 is 0 Å². The van der Waals surface area contributed by atoms with Crippen LogP contribution in [0, 0.1) is 0 Å². The summed E-state index contributed by atoms with van der Waals surface area (Å²) >= 11 is 0. The van der Waals surface area contributed by atoms with Gasteiger partial charge in [0.15, 0.2) is 0 Å². The van der Waals surface area contributed by atoms with E-state index in [0.29, 0.717) is 6.61 Å². The summed E-state index contributed by atoms with van der Waals surface area (Å²) in [5, 5.41) is 11.6. The minimum Gasteiger partial charge on any atom is -0.395 e. The highest BCUT2D eigenvalue weighted by molar-refractivity contribution is 4.67. The van der Waals surface area contributed by atoms with Gasteiger partial charge in [-0.15, -0.1) is 0 Å². The summed E-state index contributed by atoms with van der Waals surface area (Å²) in [6.07, 6.45) is 0. The zero-order valence-electron chi connectivity index (χ0n) is 4.76. The molecule has 1 aliphatic heterocycles. The summed E-state index contributed by atoms with van der Waals surface area (Å²) in [6.45, 7) is 2.47. The Morgan fingerprint density at radius 2 is 2.62 bits per heavy atom. The quantitative estimate of drug-likeness (QED) is 0.461. The first kappa shape index (κ1) is 6.01. The number of aliphatic hydroxyl groups excluding tert-OH is 1. The summed E-state index contributed by atoms with van der Waals surface area (Å²) in [7, 11) is 0. The second-order valence-electron chi connectivity index (χ2n) is 1.91. The van der Waals surface area contributed by atoms with E-state index in [1.807, 2.05) is 0 Å². The maximum atomic E-state index is 8.55. The molecule has 1 aliphatic rings.